The number of methoxy groups -OCH3 is 1. The Morgan fingerprint density at radius 2 is 1.91 bits per heavy atom. The van der Waals surface area contributed by atoms with Crippen LogP contribution in [0.5, 0.6) is 11.5 Å². The second-order valence-corrected chi connectivity index (χ2v) is 7.47. The third-order valence-electron chi connectivity index (χ3n) is 5.08. The van der Waals surface area contributed by atoms with Gasteiger partial charge in [0.2, 0.25) is 0 Å². The fourth-order valence-electron chi connectivity index (χ4n) is 3.52. The molecule has 1 aliphatic carbocycles. The molecule has 33 heavy (non-hydrogen) atoms. The number of aromatic nitrogens is 1. The molecule has 166 valence electrons. The number of carbonyl (C=O) groups excluding carboxylic acids is 3. The van der Waals surface area contributed by atoms with Crippen LogP contribution in [0, 0.1) is 0 Å². The number of nitrogens with two attached hydrogens (primary N) is 1. The molecule has 8 nitrogen and oxygen atoms in total. The van der Waals surface area contributed by atoms with Crippen molar-refractivity contribution in [3.05, 3.63) is 88.7 Å². The van der Waals surface area contributed by atoms with Gasteiger partial charge in [0.05, 0.1) is 29.8 Å². The maximum Gasteiger partial charge on any atom is 0.417 e. The van der Waals surface area contributed by atoms with E-state index in [0.717, 1.165) is 0 Å². The molecule has 9 heteroatoms. The molecule has 1 atom stereocenters. The molecule has 1 aliphatic rings. The molecule has 0 aliphatic heterocycles. The lowest BCUT2D eigenvalue weighted by Crippen LogP contribution is -2.29. The number of fused-ring (bicyclic) bond motifs is 1. The maximum absolute atomic E-state index is 13.1. The van der Waals surface area contributed by atoms with E-state index in [-0.39, 0.29) is 22.0 Å². The summed E-state index contributed by atoms with van der Waals surface area (Å²) in [6.45, 7) is 0. The number of rotatable bonds is 5. The zero-order chi connectivity index (χ0) is 23.5. The Kier molecular flexibility index (Phi) is 6.10. The summed E-state index contributed by atoms with van der Waals surface area (Å²) in [6.07, 6.45) is 3.91. The number of ketones is 1. The van der Waals surface area contributed by atoms with Gasteiger partial charge in [-0.15, -0.1) is 0 Å². The van der Waals surface area contributed by atoms with Crippen LogP contribution in [0.1, 0.15) is 21.8 Å². The van der Waals surface area contributed by atoms with Crippen molar-refractivity contribution in [2.45, 2.75) is 5.92 Å². The van der Waals surface area contributed by atoms with Crippen LogP contribution in [0.25, 0.3) is 10.9 Å². The average molecular weight is 464 g/mol. The number of hydrogen-bond acceptors (Lipinski definition) is 6. The Bertz CT molecular complexity index is 1330. The molecule has 2 aromatic carbocycles. The van der Waals surface area contributed by atoms with E-state index in [1.54, 1.807) is 60.8 Å². The topological polar surface area (TPSA) is 121 Å². The summed E-state index contributed by atoms with van der Waals surface area (Å²) >= 11 is 6.30. The van der Waals surface area contributed by atoms with Gasteiger partial charge in [0.25, 0.3) is 5.91 Å². The highest BCUT2D eigenvalue weighted by atomic mass is 35.5. The van der Waals surface area contributed by atoms with Crippen LogP contribution in [0.4, 0.5) is 4.79 Å². The van der Waals surface area contributed by atoms with E-state index in [2.05, 4.69) is 10.3 Å². The number of primary amides is 1. The van der Waals surface area contributed by atoms with Gasteiger partial charge in [-0.1, -0.05) is 35.9 Å². The first-order valence-electron chi connectivity index (χ1n) is 9.81. The van der Waals surface area contributed by atoms with Gasteiger partial charge in [-0.2, -0.15) is 0 Å². The number of carbonyl (C=O) groups is 3. The van der Waals surface area contributed by atoms with Gasteiger partial charge in [-0.3, -0.25) is 19.9 Å². The normalized spacial score (nSPS) is 15.5. The summed E-state index contributed by atoms with van der Waals surface area (Å²) in [7, 11) is 1.42. The van der Waals surface area contributed by atoms with Crippen LogP contribution in [0.3, 0.4) is 0 Å². The third-order valence-corrected chi connectivity index (χ3v) is 5.47. The summed E-state index contributed by atoms with van der Waals surface area (Å²) in [5.41, 5.74) is 6.86. The predicted molar refractivity (Wildman–Crippen MR) is 122 cm³/mol. The number of Topliss-reactive ketones (excluding diaryl/α,β-unsaturated/α-hetero) is 1. The number of para-hydroxylation sites is 1. The zero-order valence-electron chi connectivity index (χ0n) is 17.4. The smallest absolute Gasteiger partial charge is 0.417 e. The van der Waals surface area contributed by atoms with Crippen LogP contribution in [-0.2, 0) is 4.79 Å². The van der Waals surface area contributed by atoms with Crippen molar-refractivity contribution in [3.8, 4) is 11.5 Å². The molecule has 2 amide bonds. The number of nitrogens with one attached hydrogen (secondary N) is 1. The minimum absolute atomic E-state index is 0.122. The van der Waals surface area contributed by atoms with E-state index in [0.29, 0.717) is 22.2 Å². The van der Waals surface area contributed by atoms with Gasteiger partial charge in [0, 0.05) is 17.6 Å². The molecule has 0 radical (unpaired) electrons. The standard InChI is InChI=1S/C24H18ClN3O5/c1-32-20-12-19-16(11-17(20)23(26)30)14(9-10-27-19)15-7-8-18(21(25)22(15)29)28-24(31)33-13-5-3-2-4-6-13/h2-12,15H,1H3,(H2,26,30)(H,28,31). The number of hydrogen-bond donors (Lipinski definition) is 2. The first-order valence-corrected chi connectivity index (χ1v) is 10.2. The molecule has 0 fully saturated rings. The molecule has 0 saturated heterocycles. The van der Waals surface area contributed by atoms with Crippen LogP contribution in [-0.4, -0.2) is 29.9 Å². The fourth-order valence-corrected chi connectivity index (χ4v) is 3.75. The van der Waals surface area contributed by atoms with E-state index in [1.165, 1.54) is 13.2 Å². The Hall–Kier alpha value is -4.17. The van der Waals surface area contributed by atoms with Crippen molar-refractivity contribution in [1.29, 1.82) is 0 Å². The van der Waals surface area contributed by atoms with Crippen molar-refractivity contribution in [1.82, 2.24) is 10.3 Å². The van der Waals surface area contributed by atoms with Crippen LogP contribution >= 0.6 is 11.6 Å². The molecule has 3 N–H and O–H groups in total. The van der Waals surface area contributed by atoms with Crippen LogP contribution in [0.15, 0.2) is 77.6 Å². The van der Waals surface area contributed by atoms with E-state index in [9.17, 15) is 14.4 Å². The number of nitrogens with zero attached hydrogens (tertiary/aromatic N) is 1. The Morgan fingerprint density at radius 1 is 1.15 bits per heavy atom. The average Bonchev–Trinajstić information content (AvgIpc) is 2.81. The van der Waals surface area contributed by atoms with Gasteiger partial charge >= 0.3 is 6.09 Å². The lowest BCUT2D eigenvalue weighted by Gasteiger charge is -2.20. The molecule has 4 rings (SSSR count). The second kappa shape index (κ2) is 9.13. The molecular weight excluding hydrogens is 446 g/mol. The predicted octanol–water partition coefficient (Wildman–Crippen LogP) is 3.80. The maximum atomic E-state index is 13.1. The molecule has 1 unspecified atom stereocenters. The first kappa shape index (κ1) is 22.0. The summed E-state index contributed by atoms with van der Waals surface area (Å²) in [6, 6.07) is 13.3. The summed E-state index contributed by atoms with van der Waals surface area (Å²) < 4.78 is 10.4. The van der Waals surface area contributed by atoms with E-state index in [1.807, 2.05) is 0 Å². The lowest BCUT2D eigenvalue weighted by molar-refractivity contribution is -0.115. The molecule has 1 aromatic heterocycles. The summed E-state index contributed by atoms with van der Waals surface area (Å²) in [5, 5.41) is 2.89. The van der Waals surface area contributed by atoms with E-state index >= 15 is 0 Å². The van der Waals surface area contributed by atoms with E-state index in [4.69, 9.17) is 26.8 Å². The minimum Gasteiger partial charge on any atom is -0.496 e. The minimum atomic E-state index is -0.780. The second-order valence-electron chi connectivity index (χ2n) is 7.09. The highest BCUT2D eigenvalue weighted by Crippen LogP contribution is 2.35. The van der Waals surface area contributed by atoms with Gasteiger partial charge < -0.3 is 15.2 Å². The van der Waals surface area contributed by atoms with E-state index < -0.39 is 23.7 Å². The van der Waals surface area contributed by atoms with Crippen LogP contribution < -0.4 is 20.5 Å². The Labute approximate surface area is 193 Å². The van der Waals surface area contributed by atoms with Gasteiger partial charge in [-0.25, -0.2) is 4.79 Å². The molecular formula is C24H18ClN3O5. The van der Waals surface area contributed by atoms with Crippen molar-refractivity contribution >= 4 is 40.3 Å². The molecule has 1 heterocycles. The summed E-state index contributed by atoms with van der Waals surface area (Å²) in [5.74, 6) is -1.23. The Morgan fingerprint density at radius 3 is 2.61 bits per heavy atom. The molecule has 0 saturated carbocycles. The van der Waals surface area contributed by atoms with Gasteiger partial charge in [-0.05, 0) is 35.9 Å². The highest BCUT2D eigenvalue weighted by Gasteiger charge is 2.29. The highest BCUT2D eigenvalue weighted by molar-refractivity contribution is 6.44. The number of pyridine rings is 1. The number of amides is 2. The van der Waals surface area contributed by atoms with Crippen molar-refractivity contribution in [2.75, 3.05) is 7.11 Å². The van der Waals surface area contributed by atoms with Crippen LogP contribution in [0.2, 0.25) is 0 Å². The monoisotopic (exact) mass is 463 g/mol. The fraction of sp³-hybridized carbons (Fsp3) is 0.0833. The Balaban J connectivity index is 1.63. The van der Waals surface area contributed by atoms with Gasteiger partial charge in [0.1, 0.15) is 16.5 Å². The quantitative estimate of drug-likeness (QED) is 0.593. The number of ether oxygens (including phenoxy) is 2. The molecule has 3 aromatic rings. The third kappa shape index (κ3) is 4.42. The zero-order valence-corrected chi connectivity index (χ0v) is 18.1. The van der Waals surface area contributed by atoms with Crippen molar-refractivity contribution < 1.29 is 23.9 Å². The number of halogens is 1. The molecule has 0 spiro atoms. The lowest BCUT2D eigenvalue weighted by atomic mass is 9.87. The molecule has 0 bridgehead atoms. The van der Waals surface area contributed by atoms with Gasteiger partial charge in [0.15, 0.2) is 5.78 Å². The van der Waals surface area contributed by atoms with Crippen molar-refractivity contribution in [3.63, 3.8) is 0 Å². The summed E-state index contributed by atoms with van der Waals surface area (Å²) in [4.78, 5) is 41.4. The first-order chi connectivity index (χ1) is 15.9. The number of allylic oxidation sites excluding steroid dienone is 3. The number of benzene rings is 2. The largest absolute Gasteiger partial charge is 0.496 e. The van der Waals surface area contributed by atoms with Crippen molar-refractivity contribution in [2.24, 2.45) is 5.73 Å². The SMILES string of the molecule is COc1cc2nccc(C3C=CC(NC(=O)Oc4ccccc4)=C(Cl)C3=O)c2cc1C(N)=O.